The number of nitro groups is 1. The van der Waals surface area contributed by atoms with Crippen molar-refractivity contribution < 1.29 is 19.2 Å². The first-order valence-corrected chi connectivity index (χ1v) is 10.8. The number of methoxy groups -OCH3 is 1. The van der Waals surface area contributed by atoms with E-state index >= 15 is 0 Å². The first kappa shape index (κ1) is 24.8. The number of unbranched alkanes of at least 4 members (excludes halogenated alkanes) is 1. The van der Waals surface area contributed by atoms with E-state index in [0.29, 0.717) is 24.3 Å². The number of ether oxygens (including phenoxy) is 1. The number of nitrogens with one attached hydrogen (secondary N) is 1. The smallest absolute Gasteiger partial charge is 0.273 e. The summed E-state index contributed by atoms with van der Waals surface area (Å²) in [5.41, 5.74) is 1.02. The van der Waals surface area contributed by atoms with Gasteiger partial charge in [0.25, 0.3) is 5.69 Å². The third kappa shape index (κ3) is 6.80. The van der Waals surface area contributed by atoms with Gasteiger partial charge in [0.15, 0.2) is 0 Å². The van der Waals surface area contributed by atoms with Gasteiger partial charge in [0.05, 0.1) is 18.5 Å². The summed E-state index contributed by atoms with van der Waals surface area (Å²) in [5.74, 6) is 0.0772. The molecule has 0 aliphatic carbocycles. The normalized spacial score (nSPS) is 11.5. The van der Waals surface area contributed by atoms with E-state index in [9.17, 15) is 19.7 Å². The molecule has 0 fully saturated rings. The Balaban J connectivity index is 2.34. The molecule has 0 saturated heterocycles. The number of carbonyl (C=O) groups is 2. The minimum absolute atomic E-state index is 0.109. The average molecular weight is 442 g/mol. The van der Waals surface area contributed by atoms with E-state index in [4.69, 9.17) is 4.74 Å². The highest BCUT2D eigenvalue weighted by Gasteiger charge is 2.29. The van der Waals surface area contributed by atoms with E-state index in [1.165, 1.54) is 11.0 Å². The van der Waals surface area contributed by atoms with Crippen molar-refractivity contribution in [3.05, 3.63) is 69.8 Å². The maximum atomic E-state index is 13.4. The quantitative estimate of drug-likeness (QED) is 0.306. The summed E-state index contributed by atoms with van der Waals surface area (Å²) >= 11 is 0. The molecule has 32 heavy (non-hydrogen) atoms. The predicted octanol–water partition coefficient (Wildman–Crippen LogP) is 3.87. The van der Waals surface area contributed by atoms with Crippen LogP contribution in [-0.2, 0) is 22.6 Å². The standard InChI is InChI=1S/C24H31N3O5/c1-4-6-14-25-24(29)21(5-2)26(17-18-10-9-12-20(15-18)32-3)23(28)16-19-11-7-8-13-22(19)27(30)31/h7-13,15,21H,4-6,14,16-17H2,1-3H3,(H,25,29)/t21-/m0/s1. The van der Waals surface area contributed by atoms with Gasteiger partial charge in [-0.15, -0.1) is 0 Å². The molecule has 2 amide bonds. The predicted molar refractivity (Wildman–Crippen MR) is 122 cm³/mol. The molecule has 0 radical (unpaired) electrons. The lowest BCUT2D eigenvalue weighted by molar-refractivity contribution is -0.385. The lowest BCUT2D eigenvalue weighted by atomic mass is 10.1. The van der Waals surface area contributed by atoms with Gasteiger partial charge in [0.2, 0.25) is 11.8 Å². The van der Waals surface area contributed by atoms with Crippen LogP contribution in [0.2, 0.25) is 0 Å². The van der Waals surface area contributed by atoms with Crippen molar-refractivity contribution in [2.24, 2.45) is 0 Å². The largest absolute Gasteiger partial charge is 0.497 e. The van der Waals surface area contributed by atoms with Crippen LogP contribution in [0.25, 0.3) is 0 Å². The van der Waals surface area contributed by atoms with Gasteiger partial charge in [-0.25, -0.2) is 0 Å². The number of para-hydroxylation sites is 1. The van der Waals surface area contributed by atoms with Crippen molar-refractivity contribution in [1.29, 1.82) is 0 Å². The molecule has 0 aromatic heterocycles. The molecule has 0 bridgehead atoms. The lowest BCUT2D eigenvalue weighted by Gasteiger charge is -2.31. The first-order valence-electron chi connectivity index (χ1n) is 10.8. The molecule has 2 aromatic rings. The van der Waals surface area contributed by atoms with Crippen molar-refractivity contribution in [1.82, 2.24) is 10.2 Å². The van der Waals surface area contributed by atoms with Gasteiger partial charge in [-0.1, -0.05) is 50.6 Å². The van der Waals surface area contributed by atoms with E-state index in [2.05, 4.69) is 5.32 Å². The van der Waals surface area contributed by atoms with Crippen LogP contribution < -0.4 is 10.1 Å². The maximum Gasteiger partial charge on any atom is 0.273 e. The summed E-state index contributed by atoms with van der Waals surface area (Å²) in [4.78, 5) is 38.7. The molecule has 0 aliphatic rings. The average Bonchev–Trinajstić information content (AvgIpc) is 2.79. The summed E-state index contributed by atoms with van der Waals surface area (Å²) in [6.07, 6.45) is 2.05. The van der Waals surface area contributed by atoms with Gasteiger partial charge >= 0.3 is 0 Å². The Morgan fingerprint density at radius 3 is 2.56 bits per heavy atom. The molecule has 2 rings (SSSR count). The third-order valence-electron chi connectivity index (χ3n) is 5.23. The molecule has 2 aromatic carbocycles. The highest BCUT2D eigenvalue weighted by Crippen LogP contribution is 2.22. The maximum absolute atomic E-state index is 13.4. The topological polar surface area (TPSA) is 102 Å². The molecule has 8 heteroatoms. The molecule has 0 heterocycles. The molecule has 172 valence electrons. The van der Waals surface area contributed by atoms with E-state index in [-0.39, 0.29) is 30.5 Å². The van der Waals surface area contributed by atoms with Gasteiger partial charge in [-0.3, -0.25) is 19.7 Å². The zero-order valence-corrected chi connectivity index (χ0v) is 18.9. The minimum Gasteiger partial charge on any atom is -0.497 e. The van der Waals surface area contributed by atoms with Crippen molar-refractivity contribution >= 4 is 17.5 Å². The summed E-state index contributed by atoms with van der Waals surface area (Å²) < 4.78 is 5.28. The summed E-state index contributed by atoms with van der Waals surface area (Å²) in [5, 5.41) is 14.3. The van der Waals surface area contributed by atoms with Crippen LogP contribution in [0, 0.1) is 10.1 Å². The number of rotatable bonds is 12. The zero-order chi connectivity index (χ0) is 23.5. The number of nitro benzene ring substituents is 1. The number of benzene rings is 2. The van der Waals surface area contributed by atoms with Crippen molar-refractivity contribution in [2.75, 3.05) is 13.7 Å². The zero-order valence-electron chi connectivity index (χ0n) is 18.9. The van der Waals surface area contributed by atoms with Gasteiger partial charge in [-0.05, 0) is 30.5 Å². The van der Waals surface area contributed by atoms with E-state index in [0.717, 1.165) is 18.4 Å². The summed E-state index contributed by atoms with van der Waals surface area (Å²) in [7, 11) is 1.56. The minimum atomic E-state index is -0.687. The Bertz CT molecular complexity index is 931. The van der Waals surface area contributed by atoms with Crippen molar-refractivity contribution in [3.8, 4) is 5.75 Å². The molecule has 1 N–H and O–H groups in total. The number of hydrogen-bond acceptors (Lipinski definition) is 5. The molecule has 0 aliphatic heterocycles. The molecule has 8 nitrogen and oxygen atoms in total. The molecule has 0 unspecified atom stereocenters. The SMILES string of the molecule is CCCCNC(=O)[C@H](CC)N(Cc1cccc(OC)c1)C(=O)Cc1ccccc1[N+](=O)[O-]. The Labute approximate surface area is 188 Å². The van der Waals surface area contributed by atoms with Gasteiger partial charge in [-0.2, -0.15) is 0 Å². The van der Waals surface area contributed by atoms with Crippen LogP contribution in [0.1, 0.15) is 44.2 Å². The summed E-state index contributed by atoms with van der Waals surface area (Å²) in [6.45, 7) is 4.61. The number of amides is 2. The number of hydrogen-bond donors (Lipinski definition) is 1. The fraction of sp³-hybridized carbons (Fsp3) is 0.417. The van der Waals surface area contributed by atoms with E-state index in [1.54, 1.807) is 31.4 Å². The fourth-order valence-electron chi connectivity index (χ4n) is 3.50. The second-order valence-corrected chi connectivity index (χ2v) is 7.50. The van der Waals surface area contributed by atoms with Crippen molar-refractivity contribution in [2.45, 2.75) is 52.1 Å². The molecular formula is C24H31N3O5. The van der Waals surface area contributed by atoms with Crippen LogP contribution in [0.3, 0.4) is 0 Å². The monoisotopic (exact) mass is 441 g/mol. The van der Waals surface area contributed by atoms with Crippen LogP contribution in [-0.4, -0.2) is 41.3 Å². The molecular weight excluding hydrogens is 410 g/mol. The molecule has 0 spiro atoms. The van der Waals surface area contributed by atoms with Gasteiger partial charge in [0, 0.05) is 24.7 Å². The number of nitrogens with zero attached hydrogens (tertiary/aromatic N) is 2. The Morgan fingerprint density at radius 2 is 1.91 bits per heavy atom. The Morgan fingerprint density at radius 1 is 1.16 bits per heavy atom. The van der Waals surface area contributed by atoms with E-state index in [1.807, 2.05) is 32.0 Å². The third-order valence-corrected chi connectivity index (χ3v) is 5.23. The second-order valence-electron chi connectivity index (χ2n) is 7.50. The molecule has 1 atom stereocenters. The van der Waals surface area contributed by atoms with Crippen LogP contribution in [0.5, 0.6) is 5.75 Å². The van der Waals surface area contributed by atoms with Gasteiger partial charge in [0.1, 0.15) is 11.8 Å². The lowest BCUT2D eigenvalue weighted by Crippen LogP contribution is -2.49. The highest BCUT2D eigenvalue weighted by atomic mass is 16.6. The fourth-order valence-corrected chi connectivity index (χ4v) is 3.50. The first-order chi connectivity index (χ1) is 15.4. The summed E-state index contributed by atoms with van der Waals surface area (Å²) in [6, 6.07) is 12.8. The van der Waals surface area contributed by atoms with Crippen molar-refractivity contribution in [3.63, 3.8) is 0 Å². The van der Waals surface area contributed by atoms with Crippen LogP contribution in [0.4, 0.5) is 5.69 Å². The second kappa shape index (κ2) is 12.4. The Kier molecular flexibility index (Phi) is 9.66. The van der Waals surface area contributed by atoms with Crippen LogP contribution in [0.15, 0.2) is 48.5 Å². The molecule has 0 saturated carbocycles. The van der Waals surface area contributed by atoms with Crippen LogP contribution >= 0.6 is 0 Å². The number of carbonyl (C=O) groups excluding carboxylic acids is 2. The van der Waals surface area contributed by atoms with E-state index < -0.39 is 11.0 Å². The highest BCUT2D eigenvalue weighted by molar-refractivity contribution is 5.88. The van der Waals surface area contributed by atoms with Gasteiger partial charge < -0.3 is 15.0 Å². The Hall–Kier alpha value is -3.42.